The van der Waals surface area contributed by atoms with Gasteiger partial charge in [-0.1, -0.05) is 0 Å². The van der Waals surface area contributed by atoms with Gasteiger partial charge in [-0.3, -0.25) is 4.99 Å². The Kier molecular flexibility index (Phi) is 1.33. The summed E-state index contributed by atoms with van der Waals surface area (Å²) in [4.78, 5) is 6.18. The van der Waals surface area contributed by atoms with Crippen LogP contribution >= 0.6 is 0 Å². The molecule has 2 nitrogen and oxygen atoms in total. The quantitative estimate of drug-likeness (QED) is 0.451. The van der Waals surface area contributed by atoms with Crippen molar-refractivity contribution < 1.29 is 0 Å². The zero-order valence-corrected chi connectivity index (χ0v) is 5.20. The Morgan fingerprint density at radius 1 is 1.62 bits per heavy atom. The van der Waals surface area contributed by atoms with Gasteiger partial charge in [0.25, 0.3) is 0 Å². The van der Waals surface area contributed by atoms with E-state index in [2.05, 4.69) is 16.8 Å². The van der Waals surface area contributed by atoms with Crippen molar-refractivity contribution >= 4 is 6.21 Å². The van der Waals surface area contributed by atoms with Gasteiger partial charge in [-0.2, -0.15) is 0 Å². The Bertz CT molecular complexity index is 110. The van der Waals surface area contributed by atoms with Crippen LogP contribution < -0.4 is 0 Å². The first-order valence-electron chi connectivity index (χ1n) is 2.72. The standard InChI is InChI=1S/C6H10N2/c1-6-7-4-3-5-8(6)2/h3-6H,1-2H3/t6-/m1/s1. The van der Waals surface area contributed by atoms with Crippen LogP contribution in [0.3, 0.4) is 0 Å². The second-order valence-corrected chi connectivity index (χ2v) is 1.94. The maximum Gasteiger partial charge on any atom is 0.117 e. The minimum Gasteiger partial charge on any atom is -0.359 e. The monoisotopic (exact) mass is 110 g/mol. The molecule has 1 aliphatic heterocycles. The van der Waals surface area contributed by atoms with Crippen molar-refractivity contribution in [2.75, 3.05) is 7.05 Å². The van der Waals surface area contributed by atoms with Gasteiger partial charge in [-0.25, -0.2) is 0 Å². The lowest BCUT2D eigenvalue weighted by atomic mass is 10.4. The zero-order chi connectivity index (χ0) is 5.98. The summed E-state index contributed by atoms with van der Waals surface area (Å²) < 4.78 is 0. The van der Waals surface area contributed by atoms with Gasteiger partial charge in [0.15, 0.2) is 0 Å². The minimum absolute atomic E-state index is 0.319. The lowest BCUT2D eigenvalue weighted by Crippen LogP contribution is -2.23. The van der Waals surface area contributed by atoms with Gasteiger partial charge in [-0.15, -0.1) is 0 Å². The first-order chi connectivity index (χ1) is 3.80. The fraction of sp³-hybridized carbons (Fsp3) is 0.500. The van der Waals surface area contributed by atoms with E-state index in [1.807, 2.05) is 25.5 Å². The highest BCUT2D eigenvalue weighted by Crippen LogP contribution is 1.99. The van der Waals surface area contributed by atoms with E-state index in [0.29, 0.717) is 6.17 Å². The molecule has 1 aliphatic rings. The Morgan fingerprint density at radius 3 is 2.75 bits per heavy atom. The first-order valence-corrected chi connectivity index (χ1v) is 2.72. The van der Waals surface area contributed by atoms with E-state index in [0.717, 1.165) is 0 Å². The molecule has 1 atom stereocenters. The molecule has 0 aromatic rings. The van der Waals surface area contributed by atoms with Crippen LogP contribution in [0, 0.1) is 0 Å². The maximum atomic E-state index is 4.12. The van der Waals surface area contributed by atoms with Crippen molar-refractivity contribution in [1.29, 1.82) is 0 Å². The average molecular weight is 110 g/mol. The molecule has 0 aromatic carbocycles. The van der Waals surface area contributed by atoms with Gasteiger partial charge in [0.1, 0.15) is 6.17 Å². The molecular formula is C6H10N2. The topological polar surface area (TPSA) is 15.6 Å². The van der Waals surface area contributed by atoms with Crippen molar-refractivity contribution in [2.24, 2.45) is 4.99 Å². The van der Waals surface area contributed by atoms with Gasteiger partial charge in [0.05, 0.1) is 0 Å². The second kappa shape index (κ2) is 1.99. The van der Waals surface area contributed by atoms with E-state index in [-0.39, 0.29) is 0 Å². The zero-order valence-electron chi connectivity index (χ0n) is 5.20. The summed E-state index contributed by atoms with van der Waals surface area (Å²) in [5, 5.41) is 0. The predicted molar refractivity (Wildman–Crippen MR) is 34.9 cm³/mol. The summed E-state index contributed by atoms with van der Waals surface area (Å²) in [6, 6.07) is 0. The molecule has 8 heavy (non-hydrogen) atoms. The summed E-state index contributed by atoms with van der Waals surface area (Å²) in [6.45, 7) is 2.06. The number of hydrogen-bond donors (Lipinski definition) is 0. The summed E-state index contributed by atoms with van der Waals surface area (Å²) in [6.07, 6.45) is 6.09. The maximum absolute atomic E-state index is 4.12. The molecule has 0 unspecified atom stereocenters. The lowest BCUT2D eigenvalue weighted by molar-refractivity contribution is 0.360. The summed E-state index contributed by atoms with van der Waals surface area (Å²) >= 11 is 0. The second-order valence-electron chi connectivity index (χ2n) is 1.94. The molecule has 0 spiro atoms. The lowest BCUT2D eigenvalue weighted by Gasteiger charge is -2.20. The normalized spacial score (nSPS) is 26.8. The fourth-order valence-electron chi connectivity index (χ4n) is 0.578. The molecule has 0 aliphatic carbocycles. The smallest absolute Gasteiger partial charge is 0.117 e. The van der Waals surface area contributed by atoms with E-state index in [1.165, 1.54) is 0 Å². The van der Waals surface area contributed by atoms with Crippen LogP contribution in [0.25, 0.3) is 0 Å². The number of nitrogens with zero attached hydrogens (tertiary/aromatic N) is 2. The van der Waals surface area contributed by atoms with E-state index < -0.39 is 0 Å². The predicted octanol–water partition coefficient (Wildman–Crippen LogP) is 0.862. The number of aliphatic imine (C=N–C) groups is 1. The molecule has 0 fully saturated rings. The number of hydrogen-bond acceptors (Lipinski definition) is 2. The Morgan fingerprint density at radius 2 is 2.38 bits per heavy atom. The van der Waals surface area contributed by atoms with Gasteiger partial charge in [0.2, 0.25) is 0 Å². The Hall–Kier alpha value is -0.790. The highest BCUT2D eigenvalue weighted by molar-refractivity contribution is 5.71. The number of rotatable bonds is 0. The molecule has 0 saturated heterocycles. The molecule has 0 bridgehead atoms. The highest BCUT2D eigenvalue weighted by atomic mass is 15.2. The van der Waals surface area contributed by atoms with Gasteiger partial charge >= 0.3 is 0 Å². The summed E-state index contributed by atoms with van der Waals surface area (Å²) in [5.74, 6) is 0. The summed E-state index contributed by atoms with van der Waals surface area (Å²) in [7, 11) is 2.01. The van der Waals surface area contributed by atoms with Gasteiger partial charge in [0, 0.05) is 19.5 Å². The van der Waals surface area contributed by atoms with Crippen LogP contribution in [0.4, 0.5) is 0 Å². The SMILES string of the molecule is C[C@@H]1N=CC=CN1C. The molecule has 0 N–H and O–H groups in total. The molecular weight excluding hydrogens is 100 g/mol. The van der Waals surface area contributed by atoms with Gasteiger partial charge in [-0.05, 0) is 13.0 Å². The van der Waals surface area contributed by atoms with E-state index in [9.17, 15) is 0 Å². The van der Waals surface area contributed by atoms with Crippen LogP contribution in [-0.4, -0.2) is 24.3 Å². The van der Waals surface area contributed by atoms with Crippen molar-refractivity contribution in [3.63, 3.8) is 0 Å². The molecule has 0 amide bonds. The van der Waals surface area contributed by atoms with E-state index >= 15 is 0 Å². The highest BCUT2D eigenvalue weighted by Gasteiger charge is 2.01. The molecule has 0 aromatic heterocycles. The third-order valence-electron chi connectivity index (χ3n) is 1.30. The largest absolute Gasteiger partial charge is 0.359 e. The minimum atomic E-state index is 0.319. The molecule has 0 saturated carbocycles. The van der Waals surface area contributed by atoms with Crippen LogP contribution in [-0.2, 0) is 0 Å². The Balaban J connectivity index is 2.59. The Labute approximate surface area is 49.5 Å². The number of allylic oxidation sites excluding steroid dienone is 1. The molecule has 0 radical (unpaired) electrons. The molecule has 1 heterocycles. The third kappa shape index (κ3) is 0.886. The molecule has 2 heteroatoms. The average Bonchev–Trinajstić information content (AvgIpc) is 1.77. The first kappa shape index (κ1) is 5.35. The van der Waals surface area contributed by atoms with Crippen LogP contribution in [0.5, 0.6) is 0 Å². The van der Waals surface area contributed by atoms with Gasteiger partial charge < -0.3 is 4.90 Å². The van der Waals surface area contributed by atoms with Crippen molar-refractivity contribution in [3.8, 4) is 0 Å². The summed E-state index contributed by atoms with van der Waals surface area (Å²) in [5.41, 5.74) is 0. The van der Waals surface area contributed by atoms with Crippen LogP contribution in [0.1, 0.15) is 6.92 Å². The van der Waals surface area contributed by atoms with Crippen molar-refractivity contribution in [3.05, 3.63) is 12.3 Å². The van der Waals surface area contributed by atoms with Crippen LogP contribution in [0.15, 0.2) is 17.3 Å². The third-order valence-corrected chi connectivity index (χ3v) is 1.30. The van der Waals surface area contributed by atoms with Crippen molar-refractivity contribution in [1.82, 2.24) is 4.90 Å². The van der Waals surface area contributed by atoms with Crippen molar-refractivity contribution in [2.45, 2.75) is 13.1 Å². The molecule has 44 valence electrons. The molecule has 1 rings (SSSR count). The van der Waals surface area contributed by atoms with E-state index in [1.54, 1.807) is 0 Å². The van der Waals surface area contributed by atoms with E-state index in [4.69, 9.17) is 0 Å². The van der Waals surface area contributed by atoms with Crippen LogP contribution in [0.2, 0.25) is 0 Å². The fourth-order valence-corrected chi connectivity index (χ4v) is 0.578.